The Kier molecular flexibility index (Phi) is 3.75. The number of likely N-dealkylation sites (tertiary alicyclic amines) is 1. The van der Waals surface area contributed by atoms with Crippen LogP contribution in [0, 0.1) is 11.7 Å². The Hall–Kier alpha value is -1.62. The molecule has 0 aliphatic carbocycles. The molecule has 0 saturated carbocycles. The summed E-state index contributed by atoms with van der Waals surface area (Å²) in [4.78, 5) is 16.0. The summed E-state index contributed by atoms with van der Waals surface area (Å²) in [6.45, 7) is 3.32. The van der Waals surface area contributed by atoms with Gasteiger partial charge in [0.15, 0.2) is 0 Å². The first kappa shape index (κ1) is 13.8. The zero-order chi connectivity index (χ0) is 14.2. The Balaban J connectivity index is 2.17. The van der Waals surface area contributed by atoms with Crippen molar-refractivity contribution in [1.29, 1.82) is 0 Å². The number of phenolic OH excluding ortho intramolecular Hbond substituents is 1. The summed E-state index contributed by atoms with van der Waals surface area (Å²) in [6, 6.07) is 3.93. The molecule has 1 aromatic carbocycles. The lowest BCUT2D eigenvalue weighted by atomic mass is 10.1. The molecule has 2 atom stereocenters. The number of benzene rings is 1. The highest BCUT2D eigenvalue weighted by molar-refractivity contribution is 5.94. The van der Waals surface area contributed by atoms with Crippen LogP contribution in [-0.4, -0.2) is 54.0 Å². The largest absolute Gasteiger partial charge is 0.508 e. The standard InChI is InChI=1S/C14H19FN2O2/c1-9-7-17(8-13(9)16(2)3)14(19)11-5-4-10(18)6-12(11)15/h4-6,9,13,18H,7-8H2,1-3H3. The van der Waals surface area contributed by atoms with Crippen LogP contribution in [0.1, 0.15) is 17.3 Å². The number of phenols is 1. The normalized spacial score (nSPS) is 23.1. The van der Waals surface area contributed by atoms with Crippen LogP contribution in [0.4, 0.5) is 4.39 Å². The number of hydrogen-bond acceptors (Lipinski definition) is 3. The van der Waals surface area contributed by atoms with Crippen molar-refractivity contribution in [2.45, 2.75) is 13.0 Å². The number of halogens is 1. The van der Waals surface area contributed by atoms with E-state index >= 15 is 0 Å². The summed E-state index contributed by atoms with van der Waals surface area (Å²) in [7, 11) is 3.96. The molecular weight excluding hydrogens is 247 g/mol. The lowest BCUT2D eigenvalue weighted by Crippen LogP contribution is -2.36. The van der Waals surface area contributed by atoms with Gasteiger partial charge >= 0.3 is 0 Å². The highest BCUT2D eigenvalue weighted by Gasteiger charge is 2.34. The number of carbonyl (C=O) groups is 1. The van der Waals surface area contributed by atoms with E-state index in [2.05, 4.69) is 11.8 Å². The molecule has 1 N–H and O–H groups in total. The molecule has 2 rings (SSSR count). The van der Waals surface area contributed by atoms with Crippen LogP contribution in [0.5, 0.6) is 5.75 Å². The maximum absolute atomic E-state index is 13.7. The second-order valence-corrected chi connectivity index (χ2v) is 5.38. The van der Waals surface area contributed by atoms with E-state index < -0.39 is 5.82 Å². The van der Waals surface area contributed by atoms with E-state index in [-0.39, 0.29) is 17.2 Å². The van der Waals surface area contributed by atoms with E-state index in [1.807, 2.05) is 14.1 Å². The van der Waals surface area contributed by atoms with Crippen molar-refractivity contribution in [3.63, 3.8) is 0 Å². The van der Waals surface area contributed by atoms with Gasteiger partial charge in [0.25, 0.3) is 5.91 Å². The van der Waals surface area contributed by atoms with Crippen LogP contribution in [0.15, 0.2) is 18.2 Å². The van der Waals surface area contributed by atoms with Crippen LogP contribution in [-0.2, 0) is 0 Å². The van der Waals surface area contributed by atoms with Gasteiger partial charge in [0, 0.05) is 25.2 Å². The Labute approximate surface area is 112 Å². The fourth-order valence-electron chi connectivity index (χ4n) is 2.64. The first-order chi connectivity index (χ1) is 8.90. The Morgan fingerprint density at radius 1 is 1.42 bits per heavy atom. The van der Waals surface area contributed by atoms with Crippen LogP contribution in [0.3, 0.4) is 0 Å². The third-order valence-electron chi connectivity index (χ3n) is 3.71. The fourth-order valence-corrected chi connectivity index (χ4v) is 2.64. The lowest BCUT2D eigenvalue weighted by Gasteiger charge is -2.22. The summed E-state index contributed by atoms with van der Waals surface area (Å²) in [5.74, 6) is -0.797. The van der Waals surface area contributed by atoms with Gasteiger partial charge in [-0.2, -0.15) is 0 Å². The minimum atomic E-state index is -0.675. The van der Waals surface area contributed by atoms with Crippen LogP contribution in [0.25, 0.3) is 0 Å². The van der Waals surface area contributed by atoms with Crippen molar-refractivity contribution in [3.05, 3.63) is 29.6 Å². The third kappa shape index (κ3) is 2.71. The summed E-state index contributed by atoms with van der Waals surface area (Å²) < 4.78 is 13.7. The van der Waals surface area contributed by atoms with Crippen molar-refractivity contribution in [1.82, 2.24) is 9.80 Å². The van der Waals surface area contributed by atoms with E-state index in [1.54, 1.807) is 4.90 Å². The second-order valence-electron chi connectivity index (χ2n) is 5.38. The number of hydrogen-bond donors (Lipinski definition) is 1. The van der Waals surface area contributed by atoms with Gasteiger partial charge in [-0.3, -0.25) is 4.79 Å². The summed E-state index contributed by atoms with van der Waals surface area (Å²) in [6.07, 6.45) is 0. The lowest BCUT2D eigenvalue weighted by molar-refractivity contribution is 0.0776. The molecule has 4 nitrogen and oxygen atoms in total. The molecule has 19 heavy (non-hydrogen) atoms. The number of aromatic hydroxyl groups is 1. The van der Waals surface area contributed by atoms with Gasteiger partial charge in [-0.15, -0.1) is 0 Å². The molecule has 1 aliphatic heterocycles. The fraction of sp³-hybridized carbons (Fsp3) is 0.500. The molecule has 1 heterocycles. The van der Waals surface area contributed by atoms with E-state index in [4.69, 9.17) is 5.11 Å². The number of likely N-dealkylation sites (N-methyl/N-ethyl adjacent to an activating group) is 1. The summed E-state index contributed by atoms with van der Waals surface area (Å²) in [5, 5.41) is 9.17. The third-order valence-corrected chi connectivity index (χ3v) is 3.71. The number of carbonyl (C=O) groups excluding carboxylic acids is 1. The summed E-state index contributed by atoms with van der Waals surface area (Å²) in [5.41, 5.74) is 0.0180. The maximum atomic E-state index is 13.7. The molecule has 0 radical (unpaired) electrons. The predicted octanol–water partition coefficient (Wildman–Crippen LogP) is 1.55. The topological polar surface area (TPSA) is 43.8 Å². The number of amides is 1. The highest BCUT2D eigenvalue weighted by Crippen LogP contribution is 2.23. The molecule has 0 spiro atoms. The van der Waals surface area contributed by atoms with E-state index in [0.29, 0.717) is 25.0 Å². The zero-order valence-corrected chi connectivity index (χ0v) is 11.4. The Morgan fingerprint density at radius 3 is 2.63 bits per heavy atom. The molecule has 1 aromatic rings. The minimum Gasteiger partial charge on any atom is -0.508 e. The van der Waals surface area contributed by atoms with Crippen LogP contribution in [0.2, 0.25) is 0 Å². The van der Waals surface area contributed by atoms with E-state index in [9.17, 15) is 9.18 Å². The molecule has 1 amide bonds. The summed E-state index contributed by atoms with van der Waals surface area (Å²) >= 11 is 0. The Morgan fingerprint density at radius 2 is 2.11 bits per heavy atom. The van der Waals surface area contributed by atoms with Gasteiger partial charge in [0.1, 0.15) is 11.6 Å². The molecule has 0 bridgehead atoms. The van der Waals surface area contributed by atoms with Gasteiger partial charge in [-0.05, 0) is 32.1 Å². The molecule has 104 valence electrons. The molecular formula is C14H19FN2O2. The predicted molar refractivity (Wildman–Crippen MR) is 70.6 cm³/mol. The van der Waals surface area contributed by atoms with Crippen molar-refractivity contribution in [2.24, 2.45) is 5.92 Å². The van der Waals surface area contributed by atoms with Crippen LogP contribution < -0.4 is 0 Å². The monoisotopic (exact) mass is 266 g/mol. The average Bonchev–Trinajstić information content (AvgIpc) is 2.70. The number of rotatable bonds is 2. The zero-order valence-electron chi connectivity index (χ0n) is 11.4. The van der Waals surface area contributed by atoms with Crippen molar-refractivity contribution < 1.29 is 14.3 Å². The van der Waals surface area contributed by atoms with Gasteiger partial charge in [0.05, 0.1) is 5.56 Å². The molecule has 1 fully saturated rings. The maximum Gasteiger partial charge on any atom is 0.256 e. The van der Waals surface area contributed by atoms with Gasteiger partial charge in [0.2, 0.25) is 0 Å². The molecule has 2 unspecified atom stereocenters. The quantitative estimate of drug-likeness (QED) is 0.883. The minimum absolute atomic E-state index is 0.0180. The van der Waals surface area contributed by atoms with Gasteiger partial charge in [-0.1, -0.05) is 6.92 Å². The first-order valence-corrected chi connectivity index (χ1v) is 6.34. The highest BCUT2D eigenvalue weighted by atomic mass is 19.1. The average molecular weight is 266 g/mol. The van der Waals surface area contributed by atoms with Gasteiger partial charge < -0.3 is 14.9 Å². The van der Waals surface area contributed by atoms with Crippen molar-refractivity contribution >= 4 is 5.91 Å². The van der Waals surface area contributed by atoms with Crippen molar-refractivity contribution in [2.75, 3.05) is 27.2 Å². The molecule has 0 aromatic heterocycles. The van der Waals surface area contributed by atoms with E-state index in [0.717, 1.165) is 6.07 Å². The number of nitrogens with zero attached hydrogens (tertiary/aromatic N) is 2. The van der Waals surface area contributed by atoms with E-state index in [1.165, 1.54) is 12.1 Å². The SMILES string of the molecule is CC1CN(C(=O)c2ccc(O)cc2F)CC1N(C)C. The second kappa shape index (κ2) is 5.17. The molecule has 5 heteroatoms. The first-order valence-electron chi connectivity index (χ1n) is 6.34. The molecule has 1 aliphatic rings. The van der Waals surface area contributed by atoms with Gasteiger partial charge in [-0.25, -0.2) is 4.39 Å². The molecule has 1 saturated heterocycles. The smallest absolute Gasteiger partial charge is 0.256 e. The van der Waals surface area contributed by atoms with Crippen LogP contribution >= 0.6 is 0 Å². The Bertz CT molecular complexity index is 490. The van der Waals surface area contributed by atoms with Crippen molar-refractivity contribution in [3.8, 4) is 5.75 Å².